The molecular weight excluding hydrogens is 182 g/mol. The number of hydrogen-bond acceptors (Lipinski definition) is 4. The van der Waals surface area contributed by atoms with Crippen LogP contribution in [0.25, 0.3) is 0 Å². The Balaban J connectivity index is 2.41. The molecule has 0 saturated heterocycles. The van der Waals surface area contributed by atoms with Gasteiger partial charge in [-0.1, -0.05) is 0 Å². The highest BCUT2D eigenvalue weighted by Crippen LogP contribution is 2.12. The van der Waals surface area contributed by atoms with Gasteiger partial charge in [0.15, 0.2) is 5.76 Å². The van der Waals surface area contributed by atoms with Gasteiger partial charge in [-0.3, -0.25) is 0 Å². The Hall–Kier alpha value is -1.14. The van der Waals surface area contributed by atoms with Crippen molar-refractivity contribution in [1.29, 1.82) is 0 Å². The van der Waals surface area contributed by atoms with Crippen LogP contribution in [0, 0.1) is 0 Å². The Morgan fingerprint density at radius 1 is 1.50 bits per heavy atom. The third-order valence-electron chi connectivity index (χ3n) is 1.37. The Morgan fingerprint density at radius 3 is 2.83 bits per heavy atom. The molecule has 1 aromatic rings. The zero-order valence-electron chi connectivity index (χ0n) is 5.93. The third-order valence-corrected chi connectivity index (χ3v) is 2.23. The number of rotatable bonds is 1. The van der Waals surface area contributed by atoms with Gasteiger partial charge in [-0.15, -0.1) is 4.40 Å². The molecule has 2 rings (SSSR count). The van der Waals surface area contributed by atoms with Gasteiger partial charge in [0.1, 0.15) is 12.3 Å². The first-order valence-corrected chi connectivity index (χ1v) is 4.56. The minimum absolute atomic E-state index is 0.0458. The van der Waals surface area contributed by atoms with E-state index in [4.69, 9.17) is 4.42 Å². The number of hydrogen-bond donors (Lipinski definition) is 0. The minimum Gasteiger partial charge on any atom is -0.463 e. The highest BCUT2D eigenvalue weighted by molar-refractivity contribution is 7.85. The molecule has 0 bridgehead atoms. The van der Waals surface area contributed by atoms with Crippen LogP contribution >= 0.6 is 0 Å². The minimum atomic E-state index is -3.69. The van der Waals surface area contributed by atoms with Gasteiger partial charge in [-0.25, -0.2) is 4.18 Å². The quantitative estimate of drug-likeness (QED) is 0.635. The maximum Gasteiger partial charge on any atom is 0.381 e. The predicted molar refractivity (Wildman–Crippen MR) is 40.1 cm³/mol. The van der Waals surface area contributed by atoms with Gasteiger partial charge in [0.25, 0.3) is 0 Å². The highest BCUT2D eigenvalue weighted by Gasteiger charge is 2.23. The second kappa shape index (κ2) is 2.43. The smallest absolute Gasteiger partial charge is 0.381 e. The van der Waals surface area contributed by atoms with Gasteiger partial charge in [0.05, 0.1) is 6.26 Å². The summed E-state index contributed by atoms with van der Waals surface area (Å²) in [4.78, 5) is 0. The summed E-state index contributed by atoms with van der Waals surface area (Å²) >= 11 is 0. The molecule has 12 heavy (non-hydrogen) atoms. The first-order valence-electron chi connectivity index (χ1n) is 3.19. The van der Waals surface area contributed by atoms with E-state index in [0.717, 1.165) is 0 Å². The molecule has 1 aromatic heterocycles. The molecule has 0 amide bonds. The van der Waals surface area contributed by atoms with Crippen LogP contribution in [0.1, 0.15) is 5.76 Å². The average molecular weight is 187 g/mol. The van der Waals surface area contributed by atoms with E-state index in [-0.39, 0.29) is 6.61 Å². The Kier molecular flexibility index (Phi) is 1.52. The second-order valence-electron chi connectivity index (χ2n) is 2.21. The van der Waals surface area contributed by atoms with Crippen molar-refractivity contribution in [2.45, 2.75) is 0 Å². The summed E-state index contributed by atoms with van der Waals surface area (Å²) in [6, 6.07) is 3.28. The van der Waals surface area contributed by atoms with Crippen molar-refractivity contribution in [3.63, 3.8) is 0 Å². The topological polar surface area (TPSA) is 68.9 Å². The first kappa shape index (κ1) is 7.51. The van der Waals surface area contributed by atoms with Crippen molar-refractivity contribution >= 4 is 16.0 Å². The average Bonchev–Trinajstić information content (AvgIpc) is 2.55. The van der Waals surface area contributed by atoms with Crippen molar-refractivity contribution in [3.8, 4) is 0 Å². The van der Waals surface area contributed by atoms with Crippen LogP contribution in [0.5, 0.6) is 0 Å². The van der Waals surface area contributed by atoms with Crippen molar-refractivity contribution in [1.82, 2.24) is 0 Å². The SMILES string of the molecule is O=S1(=O)N=C(c2ccco2)CO1. The molecule has 0 atom stereocenters. The van der Waals surface area contributed by atoms with Gasteiger partial charge < -0.3 is 4.42 Å². The first-order chi connectivity index (χ1) is 5.67. The van der Waals surface area contributed by atoms with Crippen LogP contribution in [0.2, 0.25) is 0 Å². The molecule has 0 fully saturated rings. The summed E-state index contributed by atoms with van der Waals surface area (Å²) in [6.07, 6.45) is 1.45. The normalized spacial score (nSPS) is 20.8. The van der Waals surface area contributed by atoms with E-state index in [0.29, 0.717) is 11.5 Å². The van der Waals surface area contributed by atoms with E-state index in [1.165, 1.54) is 6.26 Å². The fourth-order valence-corrected chi connectivity index (χ4v) is 1.60. The van der Waals surface area contributed by atoms with E-state index in [2.05, 4.69) is 8.58 Å². The van der Waals surface area contributed by atoms with E-state index in [1.54, 1.807) is 12.1 Å². The maximum atomic E-state index is 10.7. The lowest BCUT2D eigenvalue weighted by atomic mass is 10.3. The van der Waals surface area contributed by atoms with Crippen molar-refractivity contribution in [3.05, 3.63) is 24.2 Å². The Labute approximate surface area is 68.9 Å². The van der Waals surface area contributed by atoms with Crippen molar-refractivity contribution in [2.24, 2.45) is 4.40 Å². The van der Waals surface area contributed by atoms with E-state index >= 15 is 0 Å². The summed E-state index contributed by atoms with van der Waals surface area (Å²) in [5.74, 6) is 0.427. The van der Waals surface area contributed by atoms with Gasteiger partial charge in [0, 0.05) is 0 Å². The standard InChI is InChI=1S/C6H5NO4S/c8-12(9)7-5(4-11-12)6-2-1-3-10-6/h1-3H,4H2. The fraction of sp³-hybridized carbons (Fsp3) is 0.167. The third kappa shape index (κ3) is 1.26. The van der Waals surface area contributed by atoms with Gasteiger partial charge in [0.2, 0.25) is 0 Å². The molecule has 0 saturated carbocycles. The molecule has 0 aliphatic carbocycles. The van der Waals surface area contributed by atoms with Gasteiger partial charge >= 0.3 is 10.3 Å². The van der Waals surface area contributed by atoms with Gasteiger partial charge in [-0.2, -0.15) is 8.42 Å². The Morgan fingerprint density at radius 2 is 2.33 bits per heavy atom. The molecule has 0 unspecified atom stereocenters. The second-order valence-corrected chi connectivity index (χ2v) is 3.48. The van der Waals surface area contributed by atoms with E-state index in [1.807, 2.05) is 0 Å². The number of furan rings is 1. The fourth-order valence-electron chi connectivity index (χ4n) is 0.877. The molecule has 1 aliphatic heterocycles. The Bertz CT molecular complexity index is 403. The molecule has 1 aliphatic rings. The van der Waals surface area contributed by atoms with E-state index in [9.17, 15) is 8.42 Å². The zero-order chi connectivity index (χ0) is 8.60. The molecule has 64 valence electrons. The summed E-state index contributed by atoms with van der Waals surface area (Å²) < 4.78 is 34.0. The van der Waals surface area contributed by atoms with Crippen molar-refractivity contribution in [2.75, 3.05) is 6.61 Å². The van der Waals surface area contributed by atoms with Crippen LogP contribution in [-0.4, -0.2) is 20.7 Å². The van der Waals surface area contributed by atoms with Crippen LogP contribution in [0.15, 0.2) is 27.2 Å². The molecule has 5 nitrogen and oxygen atoms in total. The largest absolute Gasteiger partial charge is 0.463 e. The zero-order valence-corrected chi connectivity index (χ0v) is 6.74. The highest BCUT2D eigenvalue weighted by atomic mass is 32.2. The molecule has 0 aromatic carbocycles. The van der Waals surface area contributed by atoms with Crippen molar-refractivity contribution < 1.29 is 17.0 Å². The maximum absolute atomic E-state index is 10.7. The summed E-state index contributed by atoms with van der Waals surface area (Å²) in [5.41, 5.74) is 0.306. The molecule has 2 heterocycles. The van der Waals surface area contributed by atoms with Crippen LogP contribution in [-0.2, 0) is 14.5 Å². The molecule has 0 radical (unpaired) electrons. The lowest BCUT2D eigenvalue weighted by molar-refractivity contribution is 0.380. The molecule has 6 heteroatoms. The van der Waals surface area contributed by atoms with Gasteiger partial charge in [-0.05, 0) is 12.1 Å². The van der Waals surface area contributed by atoms with Crippen LogP contribution in [0.3, 0.4) is 0 Å². The molecule has 0 spiro atoms. The number of nitrogens with zero attached hydrogens (tertiary/aromatic N) is 1. The van der Waals surface area contributed by atoms with Crippen LogP contribution < -0.4 is 0 Å². The lowest BCUT2D eigenvalue weighted by Gasteiger charge is -1.87. The lowest BCUT2D eigenvalue weighted by Crippen LogP contribution is -2.00. The predicted octanol–water partition coefficient (Wildman–Crippen LogP) is 0.344. The van der Waals surface area contributed by atoms with Crippen LogP contribution in [0.4, 0.5) is 0 Å². The summed E-state index contributed by atoms with van der Waals surface area (Å²) in [5, 5.41) is 0. The monoisotopic (exact) mass is 187 g/mol. The summed E-state index contributed by atoms with van der Waals surface area (Å²) in [7, 11) is -3.69. The van der Waals surface area contributed by atoms with E-state index < -0.39 is 10.3 Å². The summed E-state index contributed by atoms with van der Waals surface area (Å²) in [6.45, 7) is -0.0458. The molecular formula is C6H5NO4S. The molecule has 0 N–H and O–H groups in total.